The Balaban J connectivity index is 2.10. The minimum absolute atomic E-state index is 0.351. The Bertz CT molecular complexity index is 441. The molecule has 2 heteroatoms. The molecular formula is C19H32N2. The molecule has 1 N–H and O–H groups in total. The predicted molar refractivity (Wildman–Crippen MR) is 93.1 cm³/mol. The molecule has 1 aromatic rings. The Morgan fingerprint density at radius 3 is 2.76 bits per heavy atom. The number of fused-ring (bicyclic) bond motifs is 1. The molecular weight excluding hydrogens is 256 g/mol. The van der Waals surface area contributed by atoms with Crippen molar-refractivity contribution in [2.75, 3.05) is 24.5 Å². The Kier molecular flexibility index (Phi) is 5.69. The van der Waals surface area contributed by atoms with Crippen molar-refractivity contribution < 1.29 is 0 Å². The van der Waals surface area contributed by atoms with Crippen LogP contribution in [0.25, 0.3) is 0 Å². The van der Waals surface area contributed by atoms with Crippen LogP contribution in [0.1, 0.15) is 52.5 Å². The standard InChI is InChI=1S/C19H32N2/c1-5-12-19(4,14-20-16(2)3)15-21-13-8-10-17-9-6-7-11-18(17)21/h6-7,9,11,16,20H,5,8,10,12-15H2,1-4H3. The molecule has 1 heterocycles. The highest BCUT2D eigenvalue weighted by Gasteiger charge is 2.28. The predicted octanol–water partition coefficient (Wildman–Crippen LogP) is 4.24. The number of aryl methyl sites for hydroxylation is 1. The van der Waals surface area contributed by atoms with E-state index in [-0.39, 0.29) is 0 Å². The maximum absolute atomic E-state index is 3.66. The average Bonchev–Trinajstić information content (AvgIpc) is 2.46. The molecule has 0 radical (unpaired) electrons. The van der Waals surface area contributed by atoms with E-state index < -0.39 is 0 Å². The molecule has 2 nitrogen and oxygen atoms in total. The van der Waals surface area contributed by atoms with Crippen molar-refractivity contribution in [1.29, 1.82) is 0 Å². The summed E-state index contributed by atoms with van der Waals surface area (Å²) in [6, 6.07) is 9.52. The molecule has 0 aliphatic carbocycles. The zero-order valence-electron chi connectivity index (χ0n) is 14.3. The minimum Gasteiger partial charge on any atom is -0.371 e. The smallest absolute Gasteiger partial charge is 0.0398 e. The van der Waals surface area contributed by atoms with Crippen LogP contribution in [0.2, 0.25) is 0 Å². The minimum atomic E-state index is 0.351. The van der Waals surface area contributed by atoms with Crippen LogP contribution in [0, 0.1) is 5.41 Å². The lowest BCUT2D eigenvalue weighted by molar-refractivity contribution is 0.270. The van der Waals surface area contributed by atoms with E-state index in [4.69, 9.17) is 0 Å². The van der Waals surface area contributed by atoms with Crippen LogP contribution in [0.5, 0.6) is 0 Å². The number of hydrogen-bond acceptors (Lipinski definition) is 2. The summed E-state index contributed by atoms with van der Waals surface area (Å²) in [5.74, 6) is 0. The monoisotopic (exact) mass is 288 g/mol. The maximum Gasteiger partial charge on any atom is 0.0398 e. The summed E-state index contributed by atoms with van der Waals surface area (Å²) >= 11 is 0. The highest BCUT2D eigenvalue weighted by Crippen LogP contribution is 2.32. The van der Waals surface area contributed by atoms with Crippen molar-refractivity contribution in [2.24, 2.45) is 5.41 Å². The molecule has 1 atom stereocenters. The summed E-state index contributed by atoms with van der Waals surface area (Å²) in [6.45, 7) is 12.7. The first-order valence-electron chi connectivity index (χ1n) is 8.60. The van der Waals surface area contributed by atoms with Gasteiger partial charge in [0.2, 0.25) is 0 Å². The molecule has 0 saturated heterocycles. The number of rotatable bonds is 7. The SMILES string of the molecule is CCCC(C)(CNC(C)C)CN1CCCc2ccccc21. The maximum atomic E-state index is 3.66. The summed E-state index contributed by atoms with van der Waals surface area (Å²) in [7, 11) is 0. The average molecular weight is 288 g/mol. The van der Waals surface area contributed by atoms with Crippen LogP contribution in [-0.2, 0) is 6.42 Å². The highest BCUT2D eigenvalue weighted by molar-refractivity contribution is 5.55. The Labute approximate surface area is 130 Å². The molecule has 0 bridgehead atoms. The first-order chi connectivity index (χ1) is 10.0. The van der Waals surface area contributed by atoms with Gasteiger partial charge in [0.1, 0.15) is 0 Å². The molecule has 21 heavy (non-hydrogen) atoms. The van der Waals surface area contributed by atoms with Crippen LogP contribution in [0.4, 0.5) is 5.69 Å². The van der Waals surface area contributed by atoms with Gasteiger partial charge in [-0.2, -0.15) is 0 Å². The van der Waals surface area contributed by atoms with E-state index in [9.17, 15) is 0 Å². The van der Waals surface area contributed by atoms with Crippen molar-refractivity contribution in [3.63, 3.8) is 0 Å². The van der Waals surface area contributed by atoms with Crippen molar-refractivity contribution in [3.8, 4) is 0 Å². The summed E-state index contributed by atoms with van der Waals surface area (Å²) in [6.07, 6.45) is 5.06. The number of nitrogens with one attached hydrogen (secondary N) is 1. The number of para-hydroxylation sites is 1. The van der Waals surface area contributed by atoms with Gasteiger partial charge in [0, 0.05) is 31.4 Å². The van der Waals surface area contributed by atoms with Crippen molar-refractivity contribution in [1.82, 2.24) is 5.32 Å². The van der Waals surface area contributed by atoms with Crippen LogP contribution in [0.15, 0.2) is 24.3 Å². The molecule has 0 fully saturated rings. The van der Waals surface area contributed by atoms with E-state index in [0.717, 1.165) is 13.1 Å². The van der Waals surface area contributed by atoms with Crippen molar-refractivity contribution in [3.05, 3.63) is 29.8 Å². The number of hydrogen-bond donors (Lipinski definition) is 1. The fourth-order valence-electron chi connectivity index (χ4n) is 3.51. The molecule has 2 rings (SSSR count). The summed E-state index contributed by atoms with van der Waals surface area (Å²) in [4.78, 5) is 2.62. The molecule has 1 aliphatic rings. The molecule has 1 aromatic carbocycles. The third-order valence-corrected chi connectivity index (χ3v) is 4.57. The van der Waals surface area contributed by atoms with Gasteiger partial charge in [-0.25, -0.2) is 0 Å². The lowest BCUT2D eigenvalue weighted by Crippen LogP contribution is -2.45. The zero-order chi connectivity index (χ0) is 15.3. The van der Waals surface area contributed by atoms with Gasteiger partial charge in [-0.05, 0) is 36.3 Å². The first kappa shape index (κ1) is 16.4. The Morgan fingerprint density at radius 2 is 2.05 bits per heavy atom. The molecule has 118 valence electrons. The van der Waals surface area contributed by atoms with E-state index in [1.165, 1.54) is 43.5 Å². The normalized spacial score (nSPS) is 17.7. The number of anilines is 1. The second-order valence-electron chi connectivity index (χ2n) is 7.25. The topological polar surface area (TPSA) is 15.3 Å². The van der Waals surface area contributed by atoms with E-state index in [1.54, 1.807) is 0 Å². The second-order valence-corrected chi connectivity index (χ2v) is 7.25. The highest BCUT2D eigenvalue weighted by atomic mass is 15.1. The quantitative estimate of drug-likeness (QED) is 0.807. The molecule has 0 saturated carbocycles. The van der Waals surface area contributed by atoms with Gasteiger partial charge in [-0.1, -0.05) is 52.3 Å². The lowest BCUT2D eigenvalue weighted by Gasteiger charge is -2.40. The molecule has 1 unspecified atom stereocenters. The van der Waals surface area contributed by atoms with E-state index in [0.29, 0.717) is 11.5 Å². The van der Waals surface area contributed by atoms with Gasteiger partial charge in [-0.3, -0.25) is 0 Å². The van der Waals surface area contributed by atoms with Gasteiger partial charge >= 0.3 is 0 Å². The zero-order valence-corrected chi connectivity index (χ0v) is 14.3. The van der Waals surface area contributed by atoms with Crippen LogP contribution < -0.4 is 10.2 Å². The van der Waals surface area contributed by atoms with E-state index >= 15 is 0 Å². The van der Waals surface area contributed by atoms with Crippen molar-refractivity contribution >= 4 is 5.69 Å². The fourth-order valence-corrected chi connectivity index (χ4v) is 3.51. The lowest BCUT2D eigenvalue weighted by atomic mass is 9.83. The third-order valence-electron chi connectivity index (χ3n) is 4.57. The first-order valence-corrected chi connectivity index (χ1v) is 8.60. The van der Waals surface area contributed by atoms with E-state index in [1.807, 2.05) is 0 Å². The third kappa shape index (κ3) is 4.47. The summed E-state index contributed by atoms with van der Waals surface area (Å²) < 4.78 is 0. The Morgan fingerprint density at radius 1 is 1.29 bits per heavy atom. The van der Waals surface area contributed by atoms with Crippen molar-refractivity contribution in [2.45, 2.75) is 59.4 Å². The van der Waals surface area contributed by atoms with Crippen LogP contribution in [0.3, 0.4) is 0 Å². The fraction of sp³-hybridized carbons (Fsp3) is 0.684. The number of benzene rings is 1. The van der Waals surface area contributed by atoms with Gasteiger partial charge in [0.15, 0.2) is 0 Å². The van der Waals surface area contributed by atoms with Crippen LogP contribution >= 0.6 is 0 Å². The summed E-state index contributed by atoms with van der Waals surface area (Å²) in [5, 5.41) is 3.66. The van der Waals surface area contributed by atoms with Gasteiger partial charge in [0.25, 0.3) is 0 Å². The van der Waals surface area contributed by atoms with E-state index in [2.05, 4.69) is 62.2 Å². The molecule has 0 spiro atoms. The van der Waals surface area contributed by atoms with Crippen LogP contribution in [-0.4, -0.2) is 25.7 Å². The molecule has 0 amide bonds. The largest absolute Gasteiger partial charge is 0.371 e. The second kappa shape index (κ2) is 7.31. The van der Waals surface area contributed by atoms with Gasteiger partial charge in [-0.15, -0.1) is 0 Å². The molecule has 1 aliphatic heterocycles. The van der Waals surface area contributed by atoms with Gasteiger partial charge < -0.3 is 10.2 Å². The molecule has 0 aromatic heterocycles. The number of nitrogens with zero attached hydrogens (tertiary/aromatic N) is 1. The Hall–Kier alpha value is -1.02. The van der Waals surface area contributed by atoms with Gasteiger partial charge in [0.05, 0.1) is 0 Å². The summed E-state index contributed by atoms with van der Waals surface area (Å²) in [5.41, 5.74) is 3.35.